The molecular formula is C20H28N4O2. The number of urea groups is 1. The van der Waals surface area contributed by atoms with Crippen LogP contribution in [0.2, 0.25) is 0 Å². The Balaban J connectivity index is 1.47. The summed E-state index contributed by atoms with van der Waals surface area (Å²) in [5, 5.41) is 6.99. The van der Waals surface area contributed by atoms with Gasteiger partial charge in [-0.3, -0.25) is 0 Å². The van der Waals surface area contributed by atoms with Crippen LogP contribution < -0.4 is 5.32 Å². The molecule has 2 aromatic rings. The van der Waals surface area contributed by atoms with Crippen molar-refractivity contribution in [3.63, 3.8) is 0 Å². The van der Waals surface area contributed by atoms with Gasteiger partial charge in [0.25, 0.3) is 0 Å². The summed E-state index contributed by atoms with van der Waals surface area (Å²) < 4.78 is 5.43. The molecular weight excluding hydrogens is 328 g/mol. The lowest BCUT2D eigenvalue weighted by atomic mass is 9.89. The van der Waals surface area contributed by atoms with Gasteiger partial charge in [0.05, 0.1) is 0 Å². The maximum atomic E-state index is 12.3. The van der Waals surface area contributed by atoms with Crippen molar-refractivity contribution in [2.45, 2.75) is 57.8 Å². The number of aromatic nitrogens is 2. The molecule has 1 N–H and O–H groups in total. The average molecular weight is 356 g/mol. The van der Waals surface area contributed by atoms with Gasteiger partial charge in [-0.1, -0.05) is 43.5 Å². The fourth-order valence-electron chi connectivity index (χ4n) is 3.30. The molecule has 1 saturated carbocycles. The molecule has 1 fully saturated rings. The smallest absolute Gasteiger partial charge is 0.321 e. The van der Waals surface area contributed by atoms with E-state index in [1.54, 1.807) is 11.9 Å². The van der Waals surface area contributed by atoms with E-state index in [9.17, 15) is 4.79 Å². The quantitative estimate of drug-likeness (QED) is 0.833. The molecule has 26 heavy (non-hydrogen) atoms. The van der Waals surface area contributed by atoms with Crippen molar-refractivity contribution in [2.75, 3.05) is 18.9 Å². The summed E-state index contributed by atoms with van der Waals surface area (Å²) in [6.45, 7) is 2.65. The normalized spacial score (nSPS) is 15.0. The van der Waals surface area contributed by atoms with Crippen molar-refractivity contribution in [2.24, 2.45) is 0 Å². The van der Waals surface area contributed by atoms with Gasteiger partial charge in [-0.2, -0.15) is 4.98 Å². The molecule has 2 amide bonds. The molecule has 140 valence electrons. The van der Waals surface area contributed by atoms with Crippen molar-refractivity contribution in [3.05, 3.63) is 41.5 Å². The minimum Gasteiger partial charge on any atom is -0.339 e. The first kappa shape index (κ1) is 18.4. The van der Waals surface area contributed by atoms with E-state index in [2.05, 4.69) is 22.4 Å². The topological polar surface area (TPSA) is 71.3 Å². The van der Waals surface area contributed by atoms with E-state index in [-0.39, 0.29) is 6.03 Å². The van der Waals surface area contributed by atoms with E-state index < -0.39 is 0 Å². The van der Waals surface area contributed by atoms with Gasteiger partial charge >= 0.3 is 6.03 Å². The number of anilines is 1. The zero-order valence-corrected chi connectivity index (χ0v) is 15.7. The molecule has 0 saturated heterocycles. The van der Waals surface area contributed by atoms with Crippen molar-refractivity contribution in [1.29, 1.82) is 0 Å². The Hall–Kier alpha value is -2.37. The minimum atomic E-state index is -0.134. The van der Waals surface area contributed by atoms with Crippen LogP contribution in [0.3, 0.4) is 0 Å². The SMILES string of the molecule is CCc1ccc(NC(=O)N(C)CCc2noc(C3CCCCC3)n2)cc1. The Bertz CT molecular complexity index is 705. The van der Waals surface area contributed by atoms with Crippen LogP contribution in [0.4, 0.5) is 10.5 Å². The first-order valence-corrected chi connectivity index (χ1v) is 9.59. The van der Waals surface area contributed by atoms with Crippen LogP contribution in [0.5, 0.6) is 0 Å². The van der Waals surface area contributed by atoms with E-state index in [4.69, 9.17) is 4.52 Å². The van der Waals surface area contributed by atoms with Gasteiger partial charge in [-0.25, -0.2) is 4.79 Å². The lowest BCUT2D eigenvalue weighted by Gasteiger charge is -2.17. The third-order valence-electron chi connectivity index (χ3n) is 5.07. The van der Waals surface area contributed by atoms with Gasteiger partial charge in [-0.15, -0.1) is 0 Å². The molecule has 0 unspecified atom stereocenters. The van der Waals surface area contributed by atoms with Crippen LogP contribution in [-0.2, 0) is 12.8 Å². The van der Waals surface area contributed by atoms with Gasteiger partial charge < -0.3 is 14.7 Å². The number of carbonyl (C=O) groups is 1. The van der Waals surface area contributed by atoms with E-state index in [0.717, 1.165) is 30.8 Å². The standard InChI is InChI=1S/C20H28N4O2/c1-3-15-9-11-17(12-10-15)21-20(25)24(2)14-13-18-22-19(26-23-18)16-7-5-4-6-8-16/h9-12,16H,3-8,13-14H2,1-2H3,(H,21,25). The van der Waals surface area contributed by atoms with Gasteiger partial charge in [0.2, 0.25) is 5.89 Å². The Morgan fingerprint density at radius 3 is 2.65 bits per heavy atom. The molecule has 0 atom stereocenters. The van der Waals surface area contributed by atoms with E-state index >= 15 is 0 Å². The zero-order chi connectivity index (χ0) is 18.4. The highest BCUT2D eigenvalue weighted by molar-refractivity contribution is 5.89. The third-order valence-corrected chi connectivity index (χ3v) is 5.07. The number of likely N-dealkylation sites (N-methyl/N-ethyl adjacent to an activating group) is 1. The molecule has 0 spiro atoms. The van der Waals surface area contributed by atoms with Gasteiger partial charge in [-0.05, 0) is 37.0 Å². The van der Waals surface area contributed by atoms with Crippen LogP contribution in [0.1, 0.15) is 62.2 Å². The van der Waals surface area contributed by atoms with Crippen LogP contribution in [0, 0.1) is 0 Å². The van der Waals surface area contributed by atoms with Crippen molar-refractivity contribution < 1.29 is 9.32 Å². The third kappa shape index (κ3) is 4.84. The highest BCUT2D eigenvalue weighted by atomic mass is 16.5. The van der Waals surface area contributed by atoms with Crippen LogP contribution >= 0.6 is 0 Å². The number of aryl methyl sites for hydroxylation is 1. The summed E-state index contributed by atoms with van der Waals surface area (Å²) in [4.78, 5) is 18.5. The Morgan fingerprint density at radius 2 is 1.96 bits per heavy atom. The lowest BCUT2D eigenvalue weighted by molar-refractivity contribution is 0.222. The second kappa shape index (κ2) is 8.83. The van der Waals surface area contributed by atoms with Crippen LogP contribution in [0.15, 0.2) is 28.8 Å². The number of amides is 2. The second-order valence-corrected chi connectivity index (χ2v) is 7.04. The molecule has 0 bridgehead atoms. The molecule has 3 rings (SSSR count). The van der Waals surface area contributed by atoms with Gasteiger partial charge in [0, 0.05) is 31.6 Å². The molecule has 0 aliphatic heterocycles. The molecule has 6 heteroatoms. The highest BCUT2D eigenvalue weighted by Gasteiger charge is 2.21. The first-order valence-electron chi connectivity index (χ1n) is 9.59. The highest BCUT2D eigenvalue weighted by Crippen LogP contribution is 2.31. The molecule has 0 radical (unpaired) electrons. The molecule has 1 heterocycles. The van der Waals surface area contributed by atoms with Crippen molar-refractivity contribution in [1.82, 2.24) is 15.0 Å². The average Bonchev–Trinajstić information content (AvgIpc) is 3.16. The van der Waals surface area contributed by atoms with E-state index in [0.29, 0.717) is 24.7 Å². The molecule has 1 aromatic heterocycles. The van der Waals surface area contributed by atoms with Crippen molar-refractivity contribution >= 4 is 11.7 Å². The van der Waals surface area contributed by atoms with Crippen LogP contribution in [-0.4, -0.2) is 34.7 Å². The summed E-state index contributed by atoms with van der Waals surface area (Å²) in [5.74, 6) is 1.86. The summed E-state index contributed by atoms with van der Waals surface area (Å²) in [6.07, 6.45) is 7.64. The molecule has 6 nitrogen and oxygen atoms in total. The summed E-state index contributed by atoms with van der Waals surface area (Å²) in [6, 6.07) is 7.79. The minimum absolute atomic E-state index is 0.134. The number of nitrogens with zero attached hydrogens (tertiary/aromatic N) is 3. The number of rotatable bonds is 6. The van der Waals surface area contributed by atoms with E-state index in [1.165, 1.54) is 24.8 Å². The second-order valence-electron chi connectivity index (χ2n) is 7.04. The Labute approximate surface area is 155 Å². The fraction of sp³-hybridized carbons (Fsp3) is 0.550. The lowest BCUT2D eigenvalue weighted by Crippen LogP contribution is -2.33. The number of benzene rings is 1. The number of hydrogen-bond acceptors (Lipinski definition) is 4. The Kier molecular flexibility index (Phi) is 6.26. The number of nitrogens with one attached hydrogen (secondary N) is 1. The van der Waals surface area contributed by atoms with Crippen molar-refractivity contribution in [3.8, 4) is 0 Å². The molecule has 1 aromatic carbocycles. The van der Waals surface area contributed by atoms with Gasteiger partial charge in [0.15, 0.2) is 5.82 Å². The molecule has 1 aliphatic carbocycles. The van der Waals surface area contributed by atoms with Gasteiger partial charge in [0.1, 0.15) is 0 Å². The predicted molar refractivity (Wildman–Crippen MR) is 101 cm³/mol. The molecule has 1 aliphatic rings. The number of carbonyl (C=O) groups excluding carboxylic acids is 1. The zero-order valence-electron chi connectivity index (χ0n) is 15.7. The van der Waals surface area contributed by atoms with Crippen LogP contribution in [0.25, 0.3) is 0 Å². The Morgan fingerprint density at radius 1 is 1.23 bits per heavy atom. The maximum absolute atomic E-state index is 12.3. The largest absolute Gasteiger partial charge is 0.339 e. The summed E-state index contributed by atoms with van der Waals surface area (Å²) in [5.41, 5.74) is 2.06. The summed E-state index contributed by atoms with van der Waals surface area (Å²) in [7, 11) is 1.78. The fourth-order valence-corrected chi connectivity index (χ4v) is 3.30. The predicted octanol–water partition coefficient (Wildman–Crippen LogP) is 4.39. The van der Waals surface area contributed by atoms with E-state index in [1.807, 2.05) is 24.3 Å². The number of hydrogen-bond donors (Lipinski definition) is 1. The summed E-state index contributed by atoms with van der Waals surface area (Å²) >= 11 is 0. The monoisotopic (exact) mass is 356 g/mol. The maximum Gasteiger partial charge on any atom is 0.321 e. The first-order chi connectivity index (χ1) is 12.7.